The molecule has 0 spiro atoms. The van der Waals surface area contributed by atoms with Gasteiger partial charge >= 0.3 is 0 Å². The number of nitrogens with zero attached hydrogens (tertiary/aromatic N) is 3. The predicted molar refractivity (Wildman–Crippen MR) is 115 cm³/mol. The summed E-state index contributed by atoms with van der Waals surface area (Å²) < 4.78 is 13.1. The number of nitrogens with one attached hydrogen (secondary N) is 1. The quantitative estimate of drug-likeness (QED) is 0.831. The number of hydrogen-bond donors (Lipinski definition) is 1. The fourth-order valence-electron chi connectivity index (χ4n) is 4.57. The van der Waals surface area contributed by atoms with E-state index in [0.29, 0.717) is 24.5 Å². The van der Waals surface area contributed by atoms with Crippen molar-refractivity contribution < 1.29 is 14.1 Å². The molecule has 1 aromatic carbocycles. The molecule has 0 aliphatic carbocycles. The second-order valence-corrected chi connectivity index (χ2v) is 9.20. The number of aromatic nitrogens is 1. The SMILES string of the molecule is C[C@@H]1CCC[C@@H](C)N1C(=O)C[NH+]1CCN(c2nc(-c3ccc(F)cc3)cs2)CC1. The Morgan fingerprint density at radius 2 is 1.83 bits per heavy atom. The molecule has 0 unspecified atom stereocenters. The lowest BCUT2D eigenvalue weighted by molar-refractivity contribution is -0.892. The second-order valence-electron chi connectivity index (χ2n) is 8.37. The molecule has 1 N–H and O–H groups in total. The Labute approximate surface area is 176 Å². The maximum Gasteiger partial charge on any atom is 0.278 e. The smallest absolute Gasteiger partial charge is 0.278 e. The zero-order valence-corrected chi connectivity index (χ0v) is 18.1. The number of hydrogen-bond acceptors (Lipinski definition) is 4. The molecule has 4 rings (SSSR count). The molecule has 2 fully saturated rings. The number of likely N-dealkylation sites (tertiary alicyclic amines) is 1. The number of piperazine rings is 1. The summed E-state index contributed by atoms with van der Waals surface area (Å²) in [5.41, 5.74) is 1.83. The minimum Gasteiger partial charge on any atom is -0.337 e. The molecule has 156 valence electrons. The monoisotopic (exact) mass is 417 g/mol. The van der Waals surface area contributed by atoms with E-state index in [1.165, 1.54) is 23.5 Å². The van der Waals surface area contributed by atoms with Crippen molar-refractivity contribution >= 4 is 22.4 Å². The molecular weight excluding hydrogens is 387 g/mol. The van der Waals surface area contributed by atoms with E-state index in [9.17, 15) is 9.18 Å². The average molecular weight is 418 g/mol. The van der Waals surface area contributed by atoms with E-state index < -0.39 is 0 Å². The largest absolute Gasteiger partial charge is 0.337 e. The van der Waals surface area contributed by atoms with Crippen LogP contribution in [0.5, 0.6) is 0 Å². The number of piperidine rings is 1. The van der Waals surface area contributed by atoms with Crippen LogP contribution in [-0.4, -0.2) is 60.6 Å². The lowest BCUT2D eigenvalue weighted by Gasteiger charge is -2.40. The molecule has 29 heavy (non-hydrogen) atoms. The highest BCUT2D eigenvalue weighted by Gasteiger charge is 2.32. The fraction of sp³-hybridized carbons (Fsp3) is 0.545. The van der Waals surface area contributed by atoms with E-state index in [0.717, 1.165) is 55.4 Å². The summed E-state index contributed by atoms with van der Waals surface area (Å²) >= 11 is 1.63. The summed E-state index contributed by atoms with van der Waals surface area (Å²) in [4.78, 5) is 23.4. The first kappa shape index (κ1) is 20.3. The van der Waals surface area contributed by atoms with Crippen LogP contribution in [0.15, 0.2) is 29.6 Å². The molecule has 3 heterocycles. The van der Waals surface area contributed by atoms with E-state index in [4.69, 9.17) is 4.98 Å². The normalized spacial score (nSPS) is 23.4. The van der Waals surface area contributed by atoms with Gasteiger partial charge in [-0.1, -0.05) is 0 Å². The summed E-state index contributed by atoms with van der Waals surface area (Å²) in [6.07, 6.45) is 3.48. The molecule has 7 heteroatoms. The van der Waals surface area contributed by atoms with Gasteiger partial charge in [0.15, 0.2) is 11.7 Å². The summed E-state index contributed by atoms with van der Waals surface area (Å²) in [5, 5.41) is 3.04. The third-order valence-corrected chi connectivity index (χ3v) is 7.16. The third kappa shape index (κ3) is 4.61. The predicted octanol–water partition coefficient (Wildman–Crippen LogP) is 2.44. The van der Waals surface area contributed by atoms with Crippen molar-refractivity contribution in [3.63, 3.8) is 0 Å². The van der Waals surface area contributed by atoms with Crippen LogP contribution in [0.4, 0.5) is 9.52 Å². The number of anilines is 1. The molecular formula is C22H30FN4OS+. The Morgan fingerprint density at radius 3 is 2.48 bits per heavy atom. The number of halogens is 1. The van der Waals surface area contributed by atoms with Gasteiger partial charge in [-0.2, -0.15) is 0 Å². The van der Waals surface area contributed by atoms with Gasteiger partial charge in [-0.05, 0) is 57.4 Å². The molecule has 0 saturated carbocycles. The van der Waals surface area contributed by atoms with Crippen LogP contribution in [-0.2, 0) is 4.79 Å². The Hall–Kier alpha value is -1.99. The van der Waals surface area contributed by atoms with Crippen molar-refractivity contribution in [2.75, 3.05) is 37.6 Å². The molecule has 2 aliphatic heterocycles. The van der Waals surface area contributed by atoms with Gasteiger partial charge in [0.05, 0.1) is 31.9 Å². The van der Waals surface area contributed by atoms with Gasteiger partial charge in [0.25, 0.3) is 5.91 Å². The molecule has 0 radical (unpaired) electrons. The van der Waals surface area contributed by atoms with Gasteiger partial charge in [0.1, 0.15) is 5.82 Å². The molecule has 1 aromatic heterocycles. The van der Waals surface area contributed by atoms with E-state index in [1.54, 1.807) is 23.5 Å². The van der Waals surface area contributed by atoms with E-state index in [1.807, 2.05) is 5.38 Å². The van der Waals surface area contributed by atoms with Gasteiger partial charge < -0.3 is 14.7 Å². The van der Waals surface area contributed by atoms with Crippen molar-refractivity contribution in [3.8, 4) is 11.3 Å². The molecule has 2 atom stereocenters. The molecule has 5 nitrogen and oxygen atoms in total. The van der Waals surface area contributed by atoms with Crippen LogP contribution in [0.1, 0.15) is 33.1 Å². The number of benzene rings is 1. The minimum atomic E-state index is -0.230. The van der Waals surface area contributed by atoms with Crippen molar-refractivity contribution in [1.82, 2.24) is 9.88 Å². The number of thiazole rings is 1. The van der Waals surface area contributed by atoms with Crippen LogP contribution >= 0.6 is 11.3 Å². The number of carbonyl (C=O) groups is 1. The Bertz CT molecular complexity index is 822. The molecule has 0 bridgehead atoms. The maximum absolute atomic E-state index is 13.1. The highest BCUT2D eigenvalue weighted by molar-refractivity contribution is 7.14. The van der Waals surface area contributed by atoms with Gasteiger partial charge in [0.2, 0.25) is 0 Å². The first-order valence-corrected chi connectivity index (χ1v) is 11.5. The summed E-state index contributed by atoms with van der Waals surface area (Å²) in [6.45, 7) is 8.68. The second kappa shape index (κ2) is 8.79. The highest BCUT2D eigenvalue weighted by Crippen LogP contribution is 2.27. The average Bonchev–Trinajstić information content (AvgIpc) is 3.19. The lowest BCUT2D eigenvalue weighted by Crippen LogP contribution is -3.16. The number of amides is 1. The summed E-state index contributed by atoms with van der Waals surface area (Å²) in [7, 11) is 0. The number of quaternary nitrogens is 1. The van der Waals surface area contributed by atoms with E-state index >= 15 is 0 Å². The Kier molecular flexibility index (Phi) is 6.15. The number of carbonyl (C=O) groups excluding carboxylic acids is 1. The Morgan fingerprint density at radius 1 is 1.17 bits per heavy atom. The third-order valence-electron chi connectivity index (χ3n) is 6.26. The minimum absolute atomic E-state index is 0.230. The topological polar surface area (TPSA) is 40.9 Å². The van der Waals surface area contributed by atoms with Gasteiger partial charge in [-0.3, -0.25) is 4.79 Å². The van der Waals surface area contributed by atoms with E-state index in [2.05, 4.69) is 23.6 Å². The number of rotatable bonds is 4. The zero-order valence-electron chi connectivity index (χ0n) is 17.2. The van der Waals surface area contributed by atoms with Crippen molar-refractivity contribution in [3.05, 3.63) is 35.5 Å². The highest BCUT2D eigenvalue weighted by atomic mass is 32.1. The van der Waals surface area contributed by atoms with E-state index in [-0.39, 0.29) is 5.82 Å². The van der Waals surface area contributed by atoms with Crippen LogP contribution in [0.2, 0.25) is 0 Å². The first-order chi connectivity index (χ1) is 14.0. The molecule has 2 aliphatic rings. The standard InChI is InChI=1S/C22H29FN4OS/c1-16-4-3-5-17(2)27(16)21(28)14-25-10-12-26(13-11-25)22-24-20(15-29-22)18-6-8-19(23)9-7-18/h6-9,15-17H,3-5,10-14H2,1-2H3/p+1/t16-,17-/m1/s1. The van der Waals surface area contributed by atoms with Gasteiger partial charge in [-0.25, -0.2) is 9.37 Å². The summed E-state index contributed by atoms with van der Waals surface area (Å²) in [6, 6.07) is 7.21. The van der Waals surface area contributed by atoms with Crippen molar-refractivity contribution in [2.45, 2.75) is 45.2 Å². The lowest BCUT2D eigenvalue weighted by atomic mass is 9.97. The van der Waals surface area contributed by atoms with Crippen molar-refractivity contribution in [1.29, 1.82) is 0 Å². The summed E-state index contributed by atoms with van der Waals surface area (Å²) in [5.74, 6) is 0.0761. The Balaban J connectivity index is 1.31. The molecule has 2 aromatic rings. The maximum atomic E-state index is 13.1. The van der Waals surface area contributed by atoms with Gasteiger partial charge in [0, 0.05) is 23.0 Å². The van der Waals surface area contributed by atoms with Crippen LogP contribution in [0.25, 0.3) is 11.3 Å². The fourth-order valence-corrected chi connectivity index (χ4v) is 5.46. The van der Waals surface area contributed by atoms with Crippen molar-refractivity contribution in [2.24, 2.45) is 0 Å². The zero-order chi connectivity index (χ0) is 20.4. The molecule has 2 saturated heterocycles. The van der Waals surface area contributed by atoms with Crippen LogP contribution in [0.3, 0.4) is 0 Å². The van der Waals surface area contributed by atoms with Gasteiger partial charge in [-0.15, -0.1) is 11.3 Å². The molecule has 1 amide bonds. The van der Waals surface area contributed by atoms with Crippen LogP contribution in [0, 0.1) is 5.82 Å². The first-order valence-electron chi connectivity index (χ1n) is 10.6. The van der Waals surface area contributed by atoms with Crippen LogP contribution < -0.4 is 9.80 Å².